The van der Waals surface area contributed by atoms with E-state index in [1.54, 1.807) is 6.92 Å². The third kappa shape index (κ3) is 1.03. The summed E-state index contributed by atoms with van der Waals surface area (Å²) in [5.74, 6) is 0.666. The van der Waals surface area contributed by atoms with Gasteiger partial charge >= 0.3 is 0 Å². The molecular formula is C6H6N4. The second kappa shape index (κ2) is 2.31. The molecule has 0 aliphatic carbocycles. The number of anilines is 1. The van der Waals surface area contributed by atoms with Crippen LogP contribution < -0.4 is 5.73 Å². The summed E-state index contributed by atoms with van der Waals surface area (Å²) in [5.41, 5.74) is 5.88. The summed E-state index contributed by atoms with van der Waals surface area (Å²) >= 11 is 0. The van der Waals surface area contributed by atoms with Crippen molar-refractivity contribution in [1.82, 2.24) is 9.97 Å². The van der Waals surface area contributed by atoms with E-state index >= 15 is 0 Å². The number of nitrogens with two attached hydrogens (primary N) is 1. The van der Waals surface area contributed by atoms with Crippen LogP contribution in [0.5, 0.6) is 0 Å². The summed E-state index contributed by atoms with van der Waals surface area (Å²) in [6.45, 7) is 8.34. The van der Waals surface area contributed by atoms with Crippen molar-refractivity contribution in [1.29, 1.82) is 0 Å². The lowest BCUT2D eigenvalue weighted by molar-refractivity contribution is 1.15. The molecule has 1 heterocycles. The highest BCUT2D eigenvalue weighted by molar-refractivity contribution is 5.43. The average Bonchev–Trinajstić information content (AvgIpc) is 1.88. The van der Waals surface area contributed by atoms with Crippen LogP contribution in [-0.4, -0.2) is 9.97 Å². The van der Waals surface area contributed by atoms with E-state index in [0.29, 0.717) is 17.3 Å². The molecule has 0 bridgehead atoms. The number of rotatable bonds is 0. The predicted octanol–water partition coefficient (Wildman–Crippen LogP) is 0.918. The summed E-state index contributed by atoms with van der Waals surface area (Å²) in [4.78, 5) is 10.7. The monoisotopic (exact) mass is 134 g/mol. The highest BCUT2D eigenvalue weighted by atomic mass is 15.0. The van der Waals surface area contributed by atoms with Crippen LogP contribution in [0, 0.1) is 13.5 Å². The molecule has 0 saturated carbocycles. The van der Waals surface area contributed by atoms with Gasteiger partial charge in [0.1, 0.15) is 0 Å². The van der Waals surface area contributed by atoms with Crippen LogP contribution in [0.4, 0.5) is 11.6 Å². The first-order valence-electron chi connectivity index (χ1n) is 2.70. The molecule has 50 valence electrons. The first kappa shape index (κ1) is 6.49. The van der Waals surface area contributed by atoms with Gasteiger partial charge in [0.2, 0.25) is 0 Å². The van der Waals surface area contributed by atoms with E-state index in [4.69, 9.17) is 12.3 Å². The quantitative estimate of drug-likeness (QED) is 0.537. The minimum absolute atomic E-state index is 0.314. The lowest BCUT2D eigenvalue weighted by atomic mass is 10.4. The van der Waals surface area contributed by atoms with Crippen molar-refractivity contribution in [3.63, 3.8) is 0 Å². The normalized spacial score (nSPS) is 8.80. The third-order valence-corrected chi connectivity index (χ3v) is 1.05. The van der Waals surface area contributed by atoms with Crippen molar-refractivity contribution in [3.05, 3.63) is 23.3 Å². The Kier molecular flexibility index (Phi) is 1.50. The van der Waals surface area contributed by atoms with Crippen molar-refractivity contribution in [2.75, 3.05) is 5.73 Å². The van der Waals surface area contributed by atoms with Crippen molar-refractivity contribution in [2.24, 2.45) is 0 Å². The van der Waals surface area contributed by atoms with E-state index in [9.17, 15) is 0 Å². The number of nitrogens with zero attached hydrogens (tertiary/aromatic N) is 3. The van der Waals surface area contributed by atoms with E-state index in [2.05, 4.69) is 14.8 Å². The first-order chi connectivity index (χ1) is 4.74. The second-order valence-corrected chi connectivity index (χ2v) is 1.82. The molecule has 0 radical (unpaired) electrons. The van der Waals surface area contributed by atoms with Crippen molar-refractivity contribution >= 4 is 11.6 Å². The third-order valence-electron chi connectivity index (χ3n) is 1.05. The Bertz CT molecular complexity index is 286. The Hall–Kier alpha value is -1.63. The van der Waals surface area contributed by atoms with Gasteiger partial charge in [-0.05, 0) is 6.92 Å². The van der Waals surface area contributed by atoms with Crippen molar-refractivity contribution in [3.8, 4) is 0 Å². The number of nitrogen functional groups attached to an aromatic ring is 1. The van der Waals surface area contributed by atoms with E-state index in [1.807, 2.05) is 0 Å². The Balaban J connectivity index is 3.23. The molecule has 4 nitrogen and oxygen atoms in total. The Morgan fingerprint density at radius 1 is 1.70 bits per heavy atom. The molecule has 4 heteroatoms. The highest BCUT2D eigenvalue weighted by Crippen LogP contribution is 2.11. The van der Waals surface area contributed by atoms with Gasteiger partial charge in [0, 0.05) is 0 Å². The molecule has 1 aromatic heterocycles. The lowest BCUT2D eigenvalue weighted by Crippen LogP contribution is -1.93. The molecule has 1 rings (SSSR count). The van der Waals surface area contributed by atoms with Gasteiger partial charge < -0.3 is 10.6 Å². The van der Waals surface area contributed by atoms with Gasteiger partial charge in [0.05, 0.1) is 5.69 Å². The summed E-state index contributed by atoms with van der Waals surface area (Å²) in [5, 5.41) is 0. The SMILES string of the molecule is [C-]#[N+]c1ncc(N)nc1C. The Morgan fingerprint density at radius 3 is 2.90 bits per heavy atom. The number of hydrogen-bond donors (Lipinski definition) is 1. The smallest absolute Gasteiger partial charge is 0.291 e. The molecule has 0 aliphatic rings. The number of hydrogen-bond acceptors (Lipinski definition) is 3. The summed E-state index contributed by atoms with van der Waals surface area (Å²) in [6.07, 6.45) is 1.38. The van der Waals surface area contributed by atoms with Crippen LogP contribution in [-0.2, 0) is 0 Å². The maximum absolute atomic E-state index is 6.64. The van der Waals surface area contributed by atoms with Gasteiger partial charge in [0.25, 0.3) is 5.82 Å². The Morgan fingerprint density at radius 2 is 2.40 bits per heavy atom. The fourth-order valence-corrected chi connectivity index (χ4v) is 0.603. The molecule has 0 fully saturated rings. The van der Waals surface area contributed by atoms with E-state index in [1.165, 1.54) is 6.20 Å². The summed E-state index contributed by atoms with van der Waals surface area (Å²) in [7, 11) is 0. The molecule has 0 amide bonds. The zero-order valence-corrected chi connectivity index (χ0v) is 5.50. The maximum Gasteiger partial charge on any atom is 0.291 e. The van der Waals surface area contributed by atoms with Crippen LogP contribution in [0.1, 0.15) is 5.69 Å². The van der Waals surface area contributed by atoms with Crippen LogP contribution >= 0.6 is 0 Å². The largest absolute Gasteiger partial charge is 0.381 e. The second-order valence-electron chi connectivity index (χ2n) is 1.82. The highest BCUT2D eigenvalue weighted by Gasteiger charge is 1.99. The molecule has 0 spiro atoms. The van der Waals surface area contributed by atoms with Gasteiger partial charge in [-0.2, -0.15) is 0 Å². The molecule has 10 heavy (non-hydrogen) atoms. The van der Waals surface area contributed by atoms with E-state index < -0.39 is 0 Å². The average molecular weight is 134 g/mol. The molecule has 0 unspecified atom stereocenters. The van der Waals surface area contributed by atoms with Crippen LogP contribution in [0.15, 0.2) is 6.20 Å². The lowest BCUT2D eigenvalue weighted by Gasteiger charge is -1.93. The topological polar surface area (TPSA) is 56.2 Å². The minimum Gasteiger partial charge on any atom is -0.381 e. The Labute approximate surface area is 58.5 Å². The standard InChI is InChI=1S/C6H6N4/c1-4-6(8-2)9-3-5(7)10-4/h3H,1H3,(H2,7,10). The van der Waals surface area contributed by atoms with Gasteiger partial charge in [-0.3, -0.25) is 0 Å². The molecule has 0 aliphatic heterocycles. The van der Waals surface area contributed by atoms with Crippen LogP contribution in [0.2, 0.25) is 0 Å². The van der Waals surface area contributed by atoms with Crippen molar-refractivity contribution < 1.29 is 0 Å². The zero-order valence-electron chi connectivity index (χ0n) is 5.50. The molecular weight excluding hydrogens is 128 g/mol. The van der Waals surface area contributed by atoms with Gasteiger partial charge in [-0.1, -0.05) is 6.57 Å². The predicted molar refractivity (Wildman–Crippen MR) is 37.4 cm³/mol. The van der Waals surface area contributed by atoms with Crippen LogP contribution in [0.3, 0.4) is 0 Å². The molecule has 0 aromatic carbocycles. The first-order valence-corrected chi connectivity index (χ1v) is 2.70. The van der Waals surface area contributed by atoms with Crippen molar-refractivity contribution in [2.45, 2.75) is 6.92 Å². The van der Waals surface area contributed by atoms with Gasteiger partial charge in [-0.15, -0.1) is 4.98 Å². The number of aryl methyl sites for hydroxylation is 1. The fourth-order valence-electron chi connectivity index (χ4n) is 0.603. The zero-order chi connectivity index (χ0) is 7.56. The summed E-state index contributed by atoms with van der Waals surface area (Å²) in [6, 6.07) is 0. The molecule has 0 saturated heterocycles. The number of aromatic nitrogens is 2. The van der Waals surface area contributed by atoms with Gasteiger partial charge in [0.15, 0.2) is 12.0 Å². The molecule has 1 aromatic rings. The van der Waals surface area contributed by atoms with Gasteiger partial charge in [-0.25, -0.2) is 4.98 Å². The fraction of sp³-hybridized carbons (Fsp3) is 0.167. The van der Waals surface area contributed by atoms with E-state index in [-0.39, 0.29) is 0 Å². The maximum atomic E-state index is 6.64. The summed E-state index contributed by atoms with van der Waals surface area (Å²) < 4.78 is 0. The molecule has 2 N–H and O–H groups in total. The minimum atomic E-state index is 0.314. The molecule has 0 atom stereocenters. The van der Waals surface area contributed by atoms with E-state index in [0.717, 1.165) is 0 Å². The van der Waals surface area contributed by atoms with Crippen LogP contribution in [0.25, 0.3) is 4.85 Å².